The van der Waals surface area contributed by atoms with Gasteiger partial charge in [-0.25, -0.2) is 0 Å². The average Bonchev–Trinajstić information content (AvgIpc) is 2.87. The van der Waals surface area contributed by atoms with E-state index in [0.29, 0.717) is 6.04 Å². The van der Waals surface area contributed by atoms with Crippen molar-refractivity contribution in [2.45, 2.75) is 45.8 Å². The number of rotatable bonds is 4. The predicted octanol–water partition coefficient (Wildman–Crippen LogP) is 3.23. The van der Waals surface area contributed by atoms with Crippen LogP contribution in [0.1, 0.15) is 44.9 Å². The van der Waals surface area contributed by atoms with Gasteiger partial charge in [0.1, 0.15) is 0 Å². The molecule has 4 heteroatoms. The molecule has 2 heterocycles. The fourth-order valence-electron chi connectivity index (χ4n) is 2.11. The number of aromatic nitrogens is 3. The molecule has 0 amide bonds. The van der Waals surface area contributed by atoms with Crippen LogP contribution in [0.25, 0.3) is 0 Å². The first-order valence-electron chi connectivity index (χ1n) is 7.02. The van der Waals surface area contributed by atoms with Gasteiger partial charge in [0, 0.05) is 36.7 Å². The Balaban J connectivity index is 2.04. The molecular weight excluding hydrogens is 248 g/mol. The summed E-state index contributed by atoms with van der Waals surface area (Å²) in [5, 5.41) is 4.45. The summed E-state index contributed by atoms with van der Waals surface area (Å²) in [5.74, 6) is 0. The summed E-state index contributed by atoms with van der Waals surface area (Å²) in [6.45, 7) is 9.56. The van der Waals surface area contributed by atoms with E-state index in [1.807, 2.05) is 29.3 Å². The molecule has 0 saturated carbocycles. The lowest BCUT2D eigenvalue weighted by Gasteiger charge is -2.24. The molecule has 108 valence electrons. The summed E-state index contributed by atoms with van der Waals surface area (Å²) < 4.78 is 2.02. The van der Waals surface area contributed by atoms with E-state index in [9.17, 15) is 0 Å². The van der Waals surface area contributed by atoms with Crippen LogP contribution in [-0.4, -0.2) is 26.7 Å². The first kappa shape index (κ1) is 14.7. The summed E-state index contributed by atoms with van der Waals surface area (Å²) >= 11 is 0. The van der Waals surface area contributed by atoms with Crippen molar-refractivity contribution >= 4 is 0 Å². The summed E-state index contributed by atoms with van der Waals surface area (Å²) in [7, 11) is 2.13. The maximum absolute atomic E-state index is 4.45. The van der Waals surface area contributed by atoms with Crippen molar-refractivity contribution in [3.8, 4) is 0 Å². The third-order valence-electron chi connectivity index (χ3n) is 3.58. The molecule has 0 spiro atoms. The molecule has 20 heavy (non-hydrogen) atoms. The molecule has 0 bridgehead atoms. The van der Waals surface area contributed by atoms with Gasteiger partial charge in [-0.3, -0.25) is 14.6 Å². The molecule has 0 saturated heterocycles. The molecule has 0 aliphatic carbocycles. The van der Waals surface area contributed by atoms with Gasteiger partial charge in [0.15, 0.2) is 0 Å². The molecule has 2 aromatic rings. The Kier molecular flexibility index (Phi) is 4.23. The summed E-state index contributed by atoms with van der Waals surface area (Å²) in [4.78, 5) is 6.50. The smallest absolute Gasteiger partial charge is 0.0543 e. The molecule has 1 unspecified atom stereocenters. The van der Waals surface area contributed by atoms with Crippen LogP contribution in [0.3, 0.4) is 0 Å². The minimum absolute atomic E-state index is 0.0335. The van der Waals surface area contributed by atoms with Crippen molar-refractivity contribution in [1.29, 1.82) is 0 Å². The highest BCUT2D eigenvalue weighted by Crippen LogP contribution is 2.20. The Morgan fingerprint density at radius 1 is 1.30 bits per heavy atom. The van der Waals surface area contributed by atoms with Crippen LogP contribution in [0.5, 0.6) is 0 Å². The first-order chi connectivity index (χ1) is 9.38. The van der Waals surface area contributed by atoms with E-state index in [2.05, 4.69) is 62.0 Å². The summed E-state index contributed by atoms with van der Waals surface area (Å²) in [6, 6.07) is 4.44. The number of hydrogen-bond donors (Lipinski definition) is 0. The zero-order chi connectivity index (χ0) is 14.8. The van der Waals surface area contributed by atoms with Gasteiger partial charge >= 0.3 is 0 Å². The quantitative estimate of drug-likeness (QED) is 0.857. The molecule has 0 N–H and O–H groups in total. The van der Waals surface area contributed by atoms with E-state index < -0.39 is 0 Å². The molecule has 0 fully saturated rings. The molecule has 0 radical (unpaired) electrons. The minimum atomic E-state index is 0.0335. The Hall–Kier alpha value is -1.68. The Bertz CT molecular complexity index is 539. The third-order valence-corrected chi connectivity index (χ3v) is 3.58. The maximum atomic E-state index is 4.45. The second-order valence-electron chi connectivity index (χ2n) is 6.34. The molecule has 0 aliphatic heterocycles. The van der Waals surface area contributed by atoms with Crippen LogP contribution >= 0.6 is 0 Å². The molecule has 1 atom stereocenters. The van der Waals surface area contributed by atoms with E-state index in [4.69, 9.17) is 0 Å². The second-order valence-corrected chi connectivity index (χ2v) is 6.34. The van der Waals surface area contributed by atoms with Crippen molar-refractivity contribution in [2.24, 2.45) is 0 Å². The van der Waals surface area contributed by atoms with Crippen LogP contribution in [0.4, 0.5) is 0 Å². The van der Waals surface area contributed by atoms with Crippen molar-refractivity contribution in [3.05, 3.63) is 48.0 Å². The van der Waals surface area contributed by atoms with Crippen molar-refractivity contribution in [1.82, 2.24) is 19.7 Å². The number of nitrogens with zero attached hydrogens (tertiary/aromatic N) is 4. The zero-order valence-electron chi connectivity index (χ0n) is 13.0. The molecule has 2 rings (SSSR count). The van der Waals surface area contributed by atoms with E-state index in [1.54, 1.807) is 0 Å². The Morgan fingerprint density at radius 3 is 2.60 bits per heavy atom. The topological polar surface area (TPSA) is 34.0 Å². The molecular formula is C16H24N4. The van der Waals surface area contributed by atoms with Crippen molar-refractivity contribution in [3.63, 3.8) is 0 Å². The zero-order valence-corrected chi connectivity index (χ0v) is 13.0. The number of pyridine rings is 1. The fraction of sp³-hybridized carbons (Fsp3) is 0.500. The lowest BCUT2D eigenvalue weighted by molar-refractivity contribution is 0.252. The monoisotopic (exact) mass is 272 g/mol. The second kappa shape index (κ2) is 5.75. The molecule has 4 nitrogen and oxygen atoms in total. The lowest BCUT2D eigenvalue weighted by atomic mass is 10.1. The highest BCUT2D eigenvalue weighted by Gasteiger charge is 2.16. The minimum Gasteiger partial charge on any atom is -0.295 e. The van der Waals surface area contributed by atoms with Crippen molar-refractivity contribution in [2.75, 3.05) is 7.05 Å². The van der Waals surface area contributed by atoms with Crippen LogP contribution < -0.4 is 0 Å². The van der Waals surface area contributed by atoms with Crippen LogP contribution in [0.2, 0.25) is 0 Å². The lowest BCUT2D eigenvalue weighted by Crippen LogP contribution is -2.23. The van der Waals surface area contributed by atoms with Crippen LogP contribution in [0, 0.1) is 0 Å². The highest BCUT2D eigenvalue weighted by atomic mass is 15.3. The molecule has 2 aromatic heterocycles. The normalized spacial score (nSPS) is 13.7. The van der Waals surface area contributed by atoms with Gasteiger partial charge in [-0.05, 0) is 46.4 Å². The van der Waals surface area contributed by atoms with Gasteiger partial charge in [-0.15, -0.1) is 0 Å². The van der Waals surface area contributed by atoms with E-state index in [-0.39, 0.29) is 5.54 Å². The summed E-state index contributed by atoms with van der Waals surface area (Å²) in [5.41, 5.74) is 2.50. The maximum Gasteiger partial charge on any atom is 0.0543 e. The van der Waals surface area contributed by atoms with Gasteiger partial charge in [-0.2, -0.15) is 5.10 Å². The Morgan fingerprint density at radius 2 is 2.05 bits per heavy atom. The predicted molar refractivity (Wildman–Crippen MR) is 81.3 cm³/mol. The van der Waals surface area contributed by atoms with Crippen LogP contribution in [-0.2, 0) is 12.1 Å². The largest absolute Gasteiger partial charge is 0.295 e. The average molecular weight is 272 g/mol. The van der Waals surface area contributed by atoms with E-state index in [0.717, 1.165) is 6.54 Å². The molecule has 0 aromatic carbocycles. The van der Waals surface area contributed by atoms with Gasteiger partial charge in [0.2, 0.25) is 0 Å². The first-order valence-corrected chi connectivity index (χ1v) is 7.02. The van der Waals surface area contributed by atoms with E-state index in [1.165, 1.54) is 11.1 Å². The SMILES string of the molecule is CC(c1cccnc1)N(C)Cc1cnn(C(C)(C)C)c1. The fourth-order valence-corrected chi connectivity index (χ4v) is 2.11. The van der Waals surface area contributed by atoms with Crippen LogP contribution in [0.15, 0.2) is 36.9 Å². The Labute approximate surface area is 121 Å². The van der Waals surface area contributed by atoms with Crippen molar-refractivity contribution < 1.29 is 0 Å². The third kappa shape index (κ3) is 3.45. The van der Waals surface area contributed by atoms with Gasteiger partial charge in [-0.1, -0.05) is 6.07 Å². The van der Waals surface area contributed by atoms with Gasteiger partial charge in [0.25, 0.3) is 0 Å². The van der Waals surface area contributed by atoms with Gasteiger partial charge in [0.05, 0.1) is 11.7 Å². The summed E-state index contributed by atoms with van der Waals surface area (Å²) in [6.07, 6.45) is 7.83. The number of hydrogen-bond acceptors (Lipinski definition) is 3. The van der Waals surface area contributed by atoms with E-state index >= 15 is 0 Å². The highest BCUT2D eigenvalue weighted by molar-refractivity contribution is 5.14. The standard InChI is InChI=1S/C16H24N4/c1-13(15-7-6-8-17-10-15)19(5)11-14-9-18-20(12-14)16(2,3)4/h6-10,12-13H,11H2,1-5H3. The van der Waals surface area contributed by atoms with Gasteiger partial charge < -0.3 is 0 Å². The molecule has 0 aliphatic rings.